The van der Waals surface area contributed by atoms with Gasteiger partial charge in [0.05, 0.1) is 5.69 Å². The van der Waals surface area contributed by atoms with Gasteiger partial charge in [-0.3, -0.25) is 4.79 Å². The summed E-state index contributed by atoms with van der Waals surface area (Å²) in [7, 11) is 0. The number of Topliss-reactive ketones (excluding diaryl/α,β-unsaturated/α-hetero) is 1. The Morgan fingerprint density at radius 3 is 2.28 bits per heavy atom. The van der Waals surface area contributed by atoms with Gasteiger partial charge in [0.15, 0.2) is 11.4 Å². The first-order valence-electron chi connectivity index (χ1n) is 9.17. The molecule has 0 aliphatic rings. The fourth-order valence-electron chi connectivity index (χ4n) is 3.62. The Bertz CT molecular complexity index is 1280. The lowest BCUT2D eigenvalue weighted by Crippen LogP contribution is -2.26. The van der Waals surface area contributed by atoms with Crippen LogP contribution < -0.4 is 5.69 Å². The van der Waals surface area contributed by atoms with Gasteiger partial charge in [0.25, 0.3) is 0 Å². The number of aromatic nitrogens is 4. The molecule has 146 valence electrons. The Morgan fingerprint density at radius 2 is 1.62 bits per heavy atom. The third-order valence-electron chi connectivity index (χ3n) is 4.83. The number of hydrogen-bond donors (Lipinski definition) is 0. The van der Waals surface area contributed by atoms with Crippen LogP contribution in [0.2, 0.25) is 5.02 Å². The van der Waals surface area contributed by atoms with E-state index in [1.165, 1.54) is 4.52 Å². The van der Waals surface area contributed by atoms with Gasteiger partial charge in [-0.05, 0) is 56.2 Å². The van der Waals surface area contributed by atoms with Crippen molar-refractivity contribution in [1.82, 2.24) is 19.4 Å². The van der Waals surface area contributed by atoms with Gasteiger partial charge in [-0.15, -0.1) is 5.10 Å². The molecule has 4 aromatic rings. The summed E-state index contributed by atoms with van der Waals surface area (Å²) < 4.78 is 2.38. The van der Waals surface area contributed by atoms with Crippen LogP contribution in [0, 0.1) is 20.8 Å². The molecule has 7 heteroatoms. The molecular formula is C22H19ClN4O2. The molecule has 0 spiro atoms. The zero-order valence-corrected chi connectivity index (χ0v) is 17.1. The molecule has 6 nitrogen and oxygen atoms in total. The first-order valence-corrected chi connectivity index (χ1v) is 9.55. The zero-order valence-electron chi connectivity index (χ0n) is 16.3. The number of rotatable bonds is 4. The molecule has 0 atom stereocenters. The highest BCUT2D eigenvalue weighted by atomic mass is 35.5. The fourth-order valence-corrected chi connectivity index (χ4v) is 3.75. The van der Waals surface area contributed by atoms with Gasteiger partial charge >= 0.3 is 5.69 Å². The van der Waals surface area contributed by atoms with Gasteiger partial charge in [0.2, 0.25) is 0 Å². The van der Waals surface area contributed by atoms with Crippen LogP contribution in [0.1, 0.15) is 27.0 Å². The van der Waals surface area contributed by atoms with Crippen LogP contribution in [-0.2, 0) is 6.54 Å². The molecule has 2 heterocycles. The summed E-state index contributed by atoms with van der Waals surface area (Å²) in [5.41, 5.74) is 4.91. The van der Waals surface area contributed by atoms with E-state index in [0.29, 0.717) is 21.9 Å². The summed E-state index contributed by atoms with van der Waals surface area (Å²) >= 11 is 5.93. The number of nitrogens with zero attached hydrogens (tertiary/aromatic N) is 4. The zero-order chi connectivity index (χ0) is 20.7. The summed E-state index contributed by atoms with van der Waals surface area (Å²) in [6.45, 7) is 5.66. The third kappa shape index (κ3) is 3.59. The van der Waals surface area contributed by atoms with Crippen LogP contribution >= 0.6 is 11.6 Å². The molecule has 0 unspecified atom stereocenters. The van der Waals surface area contributed by atoms with Crippen molar-refractivity contribution in [3.8, 4) is 11.3 Å². The molecule has 0 N–H and O–H groups in total. The molecule has 2 aromatic carbocycles. The maximum absolute atomic E-state index is 12.9. The largest absolute Gasteiger partial charge is 0.367 e. The van der Waals surface area contributed by atoms with E-state index in [1.807, 2.05) is 45.0 Å². The minimum Gasteiger partial charge on any atom is -0.292 e. The van der Waals surface area contributed by atoms with E-state index in [4.69, 9.17) is 11.6 Å². The maximum atomic E-state index is 12.9. The lowest BCUT2D eigenvalue weighted by molar-refractivity contribution is 0.0965. The van der Waals surface area contributed by atoms with Gasteiger partial charge in [0, 0.05) is 16.1 Å². The second kappa shape index (κ2) is 7.29. The highest BCUT2D eigenvalue weighted by Gasteiger charge is 2.17. The smallest absolute Gasteiger partial charge is 0.292 e. The molecule has 0 radical (unpaired) electrons. The standard InChI is InChI=1S/C22H19ClN4O2/c1-13-10-14(2)21(15(3)11-13)19(28)12-26-22(29)27-20(25-26)9-8-18(24-27)16-4-6-17(23)7-5-16/h4-11H,12H2,1-3H3. The number of ketones is 1. The second-order valence-corrected chi connectivity index (χ2v) is 7.57. The van der Waals surface area contributed by atoms with Crippen molar-refractivity contribution in [3.05, 3.63) is 86.3 Å². The van der Waals surface area contributed by atoms with Crippen LogP contribution in [0.25, 0.3) is 16.9 Å². The predicted molar refractivity (Wildman–Crippen MR) is 113 cm³/mol. The topological polar surface area (TPSA) is 69.3 Å². The van der Waals surface area contributed by atoms with Crippen molar-refractivity contribution in [2.24, 2.45) is 0 Å². The van der Waals surface area contributed by atoms with Crippen LogP contribution in [0.3, 0.4) is 0 Å². The van der Waals surface area contributed by atoms with E-state index >= 15 is 0 Å². The van der Waals surface area contributed by atoms with Crippen LogP contribution in [0.15, 0.2) is 53.3 Å². The number of fused-ring (bicyclic) bond motifs is 1. The average Bonchev–Trinajstić information content (AvgIpc) is 2.96. The second-order valence-electron chi connectivity index (χ2n) is 7.13. The summed E-state index contributed by atoms with van der Waals surface area (Å²) in [6, 6.07) is 14.6. The number of halogens is 1. The molecule has 4 rings (SSSR count). The van der Waals surface area contributed by atoms with Crippen molar-refractivity contribution in [2.45, 2.75) is 27.3 Å². The minimum atomic E-state index is -0.452. The molecule has 2 aromatic heterocycles. The molecule has 0 fully saturated rings. The van der Waals surface area contributed by atoms with Gasteiger partial charge in [-0.25, -0.2) is 9.48 Å². The minimum absolute atomic E-state index is 0.136. The average molecular weight is 407 g/mol. The number of benzene rings is 2. The Hall–Kier alpha value is -3.25. The van der Waals surface area contributed by atoms with Gasteiger partial charge in [-0.2, -0.15) is 9.61 Å². The maximum Gasteiger partial charge on any atom is 0.367 e. The van der Waals surface area contributed by atoms with E-state index in [-0.39, 0.29) is 12.3 Å². The normalized spacial score (nSPS) is 11.2. The fraction of sp³-hybridized carbons (Fsp3) is 0.182. The molecule has 0 saturated heterocycles. The van der Waals surface area contributed by atoms with Crippen LogP contribution in [0.4, 0.5) is 0 Å². The van der Waals surface area contributed by atoms with E-state index in [0.717, 1.165) is 26.9 Å². The van der Waals surface area contributed by atoms with E-state index in [2.05, 4.69) is 10.2 Å². The first kappa shape index (κ1) is 19.1. The number of carbonyl (C=O) groups excluding carboxylic acids is 1. The summed E-state index contributed by atoms with van der Waals surface area (Å²) in [6.07, 6.45) is 0. The highest BCUT2D eigenvalue weighted by molar-refractivity contribution is 6.30. The monoisotopic (exact) mass is 406 g/mol. The number of carbonyl (C=O) groups is 1. The van der Waals surface area contributed by atoms with Gasteiger partial charge in [-0.1, -0.05) is 41.4 Å². The number of hydrogen-bond acceptors (Lipinski definition) is 4. The molecule has 0 amide bonds. The molecule has 0 aliphatic heterocycles. The third-order valence-corrected chi connectivity index (χ3v) is 5.08. The van der Waals surface area contributed by atoms with E-state index < -0.39 is 5.69 Å². The quantitative estimate of drug-likeness (QED) is 0.480. The van der Waals surface area contributed by atoms with Crippen molar-refractivity contribution in [1.29, 1.82) is 0 Å². The Morgan fingerprint density at radius 1 is 0.966 bits per heavy atom. The van der Waals surface area contributed by atoms with Crippen molar-refractivity contribution < 1.29 is 4.79 Å². The lowest BCUT2D eigenvalue weighted by atomic mass is 9.96. The van der Waals surface area contributed by atoms with Crippen LogP contribution in [-0.4, -0.2) is 25.2 Å². The SMILES string of the molecule is Cc1cc(C)c(C(=O)Cn2nc3ccc(-c4ccc(Cl)cc4)nn3c2=O)c(C)c1. The summed E-state index contributed by atoms with van der Waals surface area (Å²) in [5.74, 6) is -0.150. The van der Waals surface area contributed by atoms with Gasteiger partial charge < -0.3 is 0 Å². The van der Waals surface area contributed by atoms with Crippen molar-refractivity contribution in [2.75, 3.05) is 0 Å². The first-order chi connectivity index (χ1) is 13.8. The van der Waals surface area contributed by atoms with Gasteiger partial charge in [0.1, 0.15) is 6.54 Å². The highest BCUT2D eigenvalue weighted by Crippen LogP contribution is 2.20. The summed E-state index contributed by atoms with van der Waals surface area (Å²) in [4.78, 5) is 25.7. The van der Waals surface area contributed by atoms with E-state index in [9.17, 15) is 9.59 Å². The molecular weight excluding hydrogens is 388 g/mol. The molecule has 0 aliphatic carbocycles. The molecule has 0 saturated carbocycles. The lowest BCUT2D eigenvalue weighted by Gasteiger charge is -2.09. The Kier molecular flexibility index (Phi) is 4.80. The number of aryl methyl sites for hydroxylation is 3. The Balaban J connectivity index is 1.70. The molecule has 29 heavy (non-hydrogen) atoms. The predicted octanol–water partition coefficient (Wildman–Crippen LogP) is 4.02. The van der Waals surface area contributed by atoms with Crippen molar-refractivity contribution >= 4 is 23.0 Å². The summed E-state index contributed by atoms with van der Waals surface area (Å²) in [5, 5.41) is 9.28. The van der Waals surface area contributed by atoms with E-state index in [1.54, 1.807) is 24.3 Å². The Labute approximate surface area is 172 Å². The van der Waals surface area contributed by atoms with Crippen molar-refractivity contribution in [3.63, 3.8) is 0 Å². The van der Waals surface area contributed by atoms with Crippen LogP contribution in [0.5, 0.6) is 0 Å². The molecule has 0 bridgehead atoms.